The van der Waals surface area contributed by atoms with Gasteiger partial charge in [0.1, 0.15) is 0 Å². The third-order valence-corrected chi connectivity index (χ3v) is 6.47. The lowest BCUT2D eigenvalue weighted by Crippen LogP contribution is -2.36. The summed E-state index contributed by atoms with van der Waals surface area (Å²) in [7, 11) is 0. The Kier molecular flexibility index (Phi) is 7.63. The number of ether oxygens (including phenoxy) is 1. The van der Waals surface area contributed by atoms with Crippen molar-refractivity contribution in [1.29, 1.82) is 0 Å². The highest BCUT2D eigenvalue weighted by Crippen LogP contribution is 2.23. The van der Waals surface area contributed by atoms with Crippen LogP contribution in [0.4, 0.5) is 0 Å². The highest BCUT2D eigenvalue weighted by Gasteiger charge is 2.14. The van der Waals surface area contributed by atoms with E-state index in [4.69, 9.17) is 4.74 Å². The highest BCUT2D eigenvalue weighted by molar-refractivity contribution is 8.06. The Morgan fingerprint density at radius 1 is 1.47 bits per heavy atom. The van der Waals surface area contributed by atoms with Gasteiger partial charge in [-0.05, 0) is 11.4 Å². The van der Waals surface area contributed by atoms with Gasteiger partial charge in [0.25, 0.3) is 0 Å². The molecule has 19 heavy (non-hydrogen) atoms. The van der Waals surface area contributed by atoms with Crippen LogP contribution in [0.3, 0.4) is 0 Å². The van der Waals surface area contributed by atoms with Crippen LogP contribution in [0.2, 0.25) is 0 Å². The summed E-state index contributed by atoms with van der Waals surface area (Å²) in [5.41, 5.74) is 0. The number of nitrogens with one attached hydrogen (secondary N) is 1. The maximum Gasteiger partial charge on any atom is 0.0897 e. The van der Waals surface area contributed by atoms with Gasteiger partial charge in [0.2, 0.25) is 0 Å². The van der Waals surface area contributed by atoms with Crippen LogP contribution in [-0.4, -0.2) is 53.4 Å². The van der Waals surface area contributed by atoms with Crippen LogP contribution in [0.1, 0.15) is 4.88 Å². The minimum atomic E-state index is -0.416. The van der Waals surface area contributed by atoms with E-state index in [9.17, 15) is 5.11 Å². The topological polar surface area (TPSA) is 41.5 Å². The Balaban J connectivity index is 1.48. The molecular weight excluding hydrogens is 298 g/mol. The van der Waals surface area contributed by atoms with Crippen molar-refractivity contribution in [3.05, 3.63) is 22.4 Å². The van der Waals surface area contributed by atoms with Crippen LogP contribution in [0, 0.1) is 0 Å². The molecule has 2 N–H and O–H groups in total. The third-order valence-electron chi connectivity index (χ3n) is 2.77. The van der Waals surface area contributed by atoms with Crippen molar-refractivity contribution >= 4 is 34.9 Å². The number of hydrogen-bond donors (Lipinski definition) is 2. The van der Waals surface area contributed by atoms with Gasteiger partial charge in [0, 0.05) is 40.5 Å². The average molecular weight is 320 g/mol. The van der Waals surface area contributed by atoms with Crippen molar-refractivity contribution in [3.8, 4) is 0 Å². The Bertz CT molecular complexity index is 329. The molecule has 1 aromatic rings. The third kappa shape index (κ3) is 6.51. The van der Waals surface area contributed by atoms with Gasteiger partial charge < -0.3 is 15.2 Å². The maximum absolute atomic E-state index is 9.81. The van der Waals surface area contributed by atoms with Crippen LogP contribution >= 0.6 is 34.9 Å². The zero-order valence-electron chi connectivity index (χ0n) is 10.9. The van der Waals surface area contributed by atoms with Crippen LogP contribution < -0.4 is 5.32 Å². The van der Waals surface area contributed by atoms with E-state index in [1.54, 1.807) is 11.3 Å². The maximum atomic E-state index is 9.81. The Morgan fingerprint density at radius 3 is 3.16 bits per heavy atom. The molecule has 0 aromatic carbocycles. The smallest absolute Gasteiger partial charge is 0.0897 e. The summed E-state index contributed by atoms with van der Waals surface area (Å²) in [4.78, 5) is 1.20. The molecule has 2 atom stereocenters. The summed E-state index contributed by atoms with van der Waals surface area (Å²) in [6.07, 6.45) is -0.416. The van der Waals surface area contributed by atoms with E-state index in [1.165, 1.54) is 22.1 Å². The summed E-state index contributed by atoms with van der Waals surface area (Å²) in [6.45, 7) is 2.60. The van der Waals surface area contributed by atoms with E-state index in [0.29, 0.717) is 25.0 Å². The molecule has 2 heterocycles. The summed E-state index contributed by atoms with van der Waals surface area (Å²) in [5.74, 6) is 3.76. The molecule has 0 radical (unpaired) electrons. The monoisotopic (exact) mass is 319 g/mol. The fourth-order valence-corrected chi connectivity index (χ4v) is 5.10. The van der Waals surface area contributed by atoms with E-state index < -0.39 is 6.10 Å². The molecule has 1 aromatic heterocycles. The molecule has 2 unspecified atom stereocenters. The van der Waals surface area contributed by atoms with Crippen molar-refractivity contribution in [1.82, 2.24) is 5.32 Å². The minimum absolute atomic E-state index is 0.400. The largest absolute Gasteiger partial charge is 0.389 e. The van der Waals surface area contributed by atoms with E-state index in [-0.39, 0.29) is 0 Å². The standard InChI is InChI=1S/C13H21NO2S3/c15-11(8-16-9-12-2-1-3-18-12)6-14-7-13-10-17-4-5-19-13/h1-3,11,13-15H,4-10H2. The molecule has 3 nitrogen and oxygen atoms in total. The lowest BCUT2D eigenvalue weighted by molar-refractivity contribution is 0.0300. The lowest BCUT2D eigenvalue weighted by Gasteiger charge is -2.22. The van der Waals surface area contributed by atoms with E-state index in [1.807, 2.05) is 41.0 Å². The van der Waals surface area contributed by atoms with Gasteiger partial charge in [0.15, 0.2) is 0 Å². The van der Waals surface area contributed by atoms with Gasteiger partial charge in [-0.2, -0.15) is 23.5 Å². The molecule has 0 spiro atoms. The molecule has 0 aliphatic carbocycles. The number of aliphatic hydroxyl groups excluding tert-OH is 1. The fourth-order valence-electron chi connectivity index (χ4n) is 1.81. The molecular formula is C13H21NO2S3. The van der Waals surface area contributed by atoms with Crippen molar-refractivity contribution < 1.29 is 9.84 Å². The Hall–Kier alpha value is 0.280. The summed E-state index contributed by atoms with van der Waals surface area (Å²) in [5, 5.41) is 15.9. The van der Waals surface area contributed by atoms with E-state index >= 15 is 0 Å². The average Bonchev–Trinajstić information content (AvgIpc) is 2.93. The number of rotatable bonds is 8. The van der Waals surface area contributed by atoms with Crippen LogP contribution in [0.5, 0.6) is 0 Å². The summed E-state index contributed by atoms with van der Waals surface area (Å²) >= 11 is 5.75. The SMILES string of the molecule is OC(CNCC1CSCCS1)COCc1cccs1. The Labute approximate surface area is 127 Å². The van der Waals surface area contributed by atoms with Crippen molar-refractivity contribution in [2.45, 2.75) is 18.0 Å². The first kappa shape index (κ1) is 15.7. The quantitative estimate of drug-likeness (QED) is 0.768. The second-order valence-corrected chi connectivity index (χ2v) is 8.06. The first-order valence-corrected chi connectivity index (χ1v) is 9.61. The van der Waals surface area contributed by atoms with Gasteiger partial charge in [-0.1, -0.05) is 6.07 Å². The number of thiophene rings is 1. The van der Waals surface area contributed by atoms with E-state index in [2.05, 4.69) is 5.32 Å². The molecule has 2 rings (SSSR count). The normalized spacial score (nSPS) is 21.4. The van der Waals surface area contributed by atoms with Gasteiger partial charge in [-0.3, -0.25) is 0 Å². The number of thioether (sulfide) groups is 2. The van der Waals surface area contributed by atoms with Crippen LogP contribution in [0.15, 0.2) is 17.5 Å². The zero-order valence-corrected chi connectivity index (χ0v) is 13.4. The second kappa shape index (κ2) is 9.26. The number of aliphatic hydroxyl groups is 1. The Morgan fingerprint density at radius 2 is 2.42 bits per heavy atom. The van der Waals surface area contributed by atoms with Gasteiger partial charge in [0.05, 0.1) is 19.3 Å². The van der Waals surface area contributed by atoms with Gasteiger partial charge >= 0.3 is 0 Å². The van der Waals surface area contributed by atoms with Crippen molar-refractivity contribution in [2.24, 2.45) is 0 Å². The van der Waals surface area contributed by atoms with Crippen molar-refractivity contribution in [3.63, 3.8) is 0 Å². The molecule has 1 saturated heterocycles. The number of hydrogen-bond acceptors (Lipinski definition) is 6. The van der Waals surface area contributed by atoms with Gasteiger partial charge in [-0.25, -0.2) is 0 Å². The second-order valence-electron chi connectivity index (χ2n) is 4.47. The van der Waals surface area contributed by atoms with Gasteiger partial charge in [-0.15, -0.1) is 11.3 Å². The van der Waals surface area contributed by atoms with Crippen molar-refractivity contribution in [2.75, 3.05) is 37.0 Å². The van der Waals surface area contributed by atoms with Crippen LogP contribution in [0.25, 0.3) is 0 Å². The predicted octanol–water partition coefficient (Wildman–Crippen LogP) is 2.06. The first-order chi connectivity index (χ1) is 9.34. The molecule has 0 saturated carbocycles. The molecule has 1 fully saturated rings. The molecule has 108 valence electrons. The van der Waals surface area contributed by atoms with E-state index in [0.717, 1.165) is 6.54 Å². The molecule has 1 aliphatic rings. The first-order valence-electron chi connectivity index (χ1n) is 6.53. The summed E-state index contributed by atoms with van der Waals surface area (Å²) in [6, 6.07) is 4.06. The fraction of sp³-hybridized carbons (Fsp3) is 0.692. The van der Waals surface area contributed by atoms with Crippen LogP contribution in [-0.2, 0) is 11.3 Å². The molecule has 1 aliphatic heterocycles. The molecule has 6 heteroatoms. The molecule has 0 amide bonds. The highest BCUT2D eigenvalue weighted by atomic mass is 32.2. The predicted molar refractivity (Wildman–Crippen MR) is 86.4 cm³/mol. The minimum Gasteiger partial charge on any atom is -0.389 e. The lowest BCUT2D eigenvalue weighted by atomic mass is 10.3. The molecule has 0 bridgehead atoms. The zero-order chi connectivity index (χ0) is 13.3. The summed E-state index contributed by atoms with van der Waals surface area (Å²) < 4.78 is 5.49.